The molecule has 1 nitrogen and oxygen atoms in total. The van der Waals surface area contributed by atoms with Gasteiger partial charge in [-0.2, -0.15) is 0 Å². The van der Waals surface area contributed by atoms with Crippen LogP contribution in [0.5, 0.6) is 0 Å². The van der Waals surface area contributed by atoms with Crippen LogP contribution in [-0.2, 0) is 0 Å². The second kappa shape index (κ2) is 2.30. The lowest BCUT2D eigenvalue weighted by atomic mass is 9.83. The minimum absolute atomic E-state index is 0.832. The zero-order valence-corrected chi connectivity index (χ0v) is 6.89. The normalized spacial score (nSPS) is 37.0. The molecule has 0 radical (unpaired) electrons. The van der Waals surface area contributed by atoms with Crippen molar-refractivity contribution >= 4 is 0 Å². The van der Waals surface area contributed by atoms with Crippen LogP contribution in [0.4, 0.5) is 0 Å². The Kier molecular flexibility index (Phi) is 1.80. The van der Waals surface area contributed by atoms with Gasteiger partial charge in [0, 0.05) is 12.6 Å². The van der Waals surface area contributed by atoms with Gasteiger partial charge in [-0.15, -0.1) is 0 Å². The first kappa shape index (κ1) is 7.07. The summed E-state index contributed by atoms with van der Waals surface area (Å²) in [6, 6.07) is 0.852. The summed E-state index contributed by atoms with van der Waals surface area (Å²) in [6.07, 6.45) is 0. The molecule has 1 heterocycles. The molecule has 0 aromatic heterocycles. The molecule has 1 saturated heterocycles. The zero-order chi connectivity index (χ0) is 7.02. The van der Waals surface area contributed by atoms with E-state index in [1.807, 2.05) is 0 Å². The first-order valence-corrected chi connectivity index (χ1v) is 3.83. The van der Waals surface area contributed by atoms with Gasteiger partial charge in [0.05, 0.1) is 0 Å². The predicted octanol–water partition coefficient (Wildman–Crippen LogP) is 1.59. The van der Waals surface area contributed by atoms with E-state index in [4.69, 9.17) is 0 Å². The summed E-state index contributed by atoms with van der Waals surface area (Å²) in [7, 11) is 2.21. The lowest BCUT2D eigenvalue weighted by Gasteiger charge is -2.47. The van der Waals surface area contributed by atoms with Crippen LogP contribution in [0.3, 0.4) is 0 Å². The van der Waals surface area contributed by atoms with Crippen molar-refractivity contribution in [3.63, 3.8) is 0 Å². The average Bonchev–Trinajstić information content (AvgIpc) is 1.62. The van der Waals surface area contributed by atoms with Crippen molar-refractivity contribution in [3.05, 3.63) is 0 Å². The van der Waals surface area contributed by atoms with E-state index in [-0.39, 0.29) is 0 Å². The van der Waals surface area contributed by atoms with Crippen molar-refractivity contribution in [2.75, 3.05) is 13.6 Å². The summed E-state index contributed by atoms with van der Waals surface area (Å²) in [5.74, 6) is 1.76. The Labute approximate surface area is 58.0 Å². The van der Waals surface area contributed by atoms with Crippen LogP contribution in [0.25, 0.3) is 0 Å². The van der Waals surface area contributed by atoms with Crippen LogP contribution in [0.1, 0.15) is 20.8 Å². The molecular formula is C8H17N. The molecule has 1 aliphatic heterocycles. The third kappa shape index (κ3) is 1.11. The minimum atomic E-state index is 0.832. The third-order valence-corrected chi connectivity index (χ3v) is 2.35. The lowest BCUT2D eigenvalue weighted by molar-refractivity contribution is 0.0203. The van der Waals surface area contributed by atoms with Crippen molar-refractivity contribution in [2.45, 2.75) is 26.8 Å². The summed E-state index contributed by atoms with van der Waals surface area (Å²) in [4.78, 5) is 2.44. The van der Waals surface area contributed by atoms with Gasteiger partial charge in [0.1, 0.15) is 0 Å². The highest BCUT2D eigenvalue weighted by Gasteiger charge is 2.34. The molecule has 2 unspecified atom stereocenters. The molecule has 1 heteroatoms. The highest BCUT2D eigenvalue weighted by Crippen LogP contribution is 2.27. The maximum absolute atomic E-state index is 2.44. The summed E-state index contributed by atoms with van der Waals surface area (Å²) in [6.45, 7) is 8.24. The van der Waals surface area contributed by atoms with E-state index in [1.165, 1.54) is 6.54 Å². The Morgan fingerprint density at radius 3 is 2.11 bits per heavy atom. The third-order valence-electron chi connectivity index (χ3n) is 2.35. The second-order valence-corrected chi connectivity index (χ2v) is 3.65. The standard InChI is InChI=1S/C8H17N/c1-6(2)8-7(3)5-9(8)4/h6-8H,5H2,1-4H3. The lowest BCUT2D eigenvalue weighted by Crippen LogP contribution is -2.55. The van der Waals surface area contributed by atoms with Crippen molar-refractivity contribution in [1.29, 1.82) is 0 Å². The van der Waals surface area contributed by atoms with Crippen molar-refractivity contribution < 1.29 is 0 Å². The molecule has 0 spiro atoms. The first-order chi connectivity index (χ1) is 4.13. The molecule has 1 fully saturated rings. The van der Waals surface area contributed by atoms with Crippen molar-refractivity contribution in [1.82, 2.24) is 4.90 Å². The van der Waals surface area contributed by atoms with Crippen molar-refractivity contribution in [2.24, 2.45) is 11.8 Å². The van der Waals surface area contributed by atoms with Crippen LogP contribution >= 0.6 is 0 Å². The van der Waals surface area contributed by atoms with Gasteiger partial charge in [0.2, 0.25) is 0 Å². The number of hydrogen-bond donors (Lipinski definition) is 0. The van der Waals surface area contributed by atoms with Crippen LogP contribution in [0.15, 0.2) is 0 Å². The first-order valence-electron chi connectivity index (χ1n) is 3.83. The van der Waals surface area contributed by atoms with E-state index < -0.39 is 0 Å². The Morgan fingerprint density at radius 1 is 1.44 bits per heavy atom. The summed E-state index contributed by atoms with van der Waals surface area (Å²) in [5, 5.41) is 0. The monoisotopic (exact) mass is 127 g/mol. The van der Waals surface area contributed by atoms with Gasteiger partial charge in [-0.3, -0.25) is 0 Å². The minimum Gasteiger partial charge on any atom is -0.303 e. The Balaban J connectivity index is 2.39. The zero-order valence-electron chi connectivity index (χ0n) is 6.89. The molecule has 0 bridgehead atoms. The summed E-state index contributed by atoms with van der Waals surface area (Å²) >= 11 is 0. The molecule has 0 saturated carbocycles. The molecule has 9 heavy (non-hydrogen) atoms. The molecular weight excluding hydrogens is 110 g/mol. The van der Waals surface area contributed by atoms with Crippen LogP contribution in [0, 0.1) is 11.8 Å². The molecule has 0 aliphatic carbocycles. The Hall–Kier alpha value is -0.0400. The van der Waals surface area contributed by atoms with Gasteiger partial charge >= 0.3 is 0 Å². The number of rotatable bonds is 1. The quantitative estimate of drug-likeness (QED) is 0.517. The van der Waals surface area contributed by atoms with Crippen LogP contribution < -0.4 is 0 Å². The smallest absolute Gasteiger partial charge is 0.0153 e. The van der Waals surface area contributed by atoms with E-state index in [0.717, 1.165) is 17.9 Å². The highest BCUT2D eigenvalue weighted by molar-refractivity contribution is 4.88. The SMILES string of the molecule is CC(C)C1C(C)CN1C. The van der Waals surface area contributed by atoms with Gasteiger partial charge in [0.15, 0.2) is 0 Å². The predicted molar refractivity (Wildman–Crippen MR) is 40.4 cm³/mol. The molecule has 2 atom stereocenters. The fraction of sp³-hybridized carbons (Fsp3) is 1.00. The Bertz CT molecular complexity index is 84.0. The van der Waals surface area contributed by atoms with Crippen LogP contribution in [0.2, 0.25) is 0 Å². The van der Waals surface area contributed by atoms with Gasteiger partial charge in [-0.1, -0.05) is 20.8 Å². The van der Waals surface area contributed by atoms with Gasteiger partial charge in [-0.25, -0.2) is 0 Å². The van der Waals surface area contributed by atoms with Crippen LogP contribution in [-0.4, -0.2) is 24.5 Å². The fourth-order valence-electron chi connectivity index (χ4n) is 2.15. The van der Waals surface area contributed by atoms with Gasteiger partial charge in [0.25, 0.3) is 0 Å². The second-order valence-electron chi connectivity index (χ2n) is 3.65. The molecule has 1 rings (SSSR count). The number of nitrogens with zero attached hydrogens (tertiary/aromatic N) is 1. The maximum atomic E-state index is 2.44. The molecule has 0 aromatic carbocycles. The van der Waals surface area contributed by atoms with E-state index in [9.17, 15) is 0 Å². The van der Waals surface area contributed by atoms with Gasteiger partial charge in [-0.05, 0) is 18.9 Å². The van der Waals surface area contributed by atoms with Gasteiger partial charge < -0.3 is 4.90 Å². The largest absolute Gasteiger partial charge is 0.303 e. The molecule has 54 valence electrons. The van der Waals surface area contributed by atoms with E-state index in [1.54, 1.807) is 0 Å². The van der Waals surface area contributed by atoms with Crippen molar-refractivity contribution in [3.8, 4) is 0 Å². The molecule has 0 N–H and O–H groups in total. The molecule has 1 aliphatic rings. The fourth-order valence-corrected chi connectivity index (χ4v) is 2.15. The summed E-state index contributed by atoms with van der Waals surface area (Å²) < 4.78 is 0. The number of hydrogen-bond acceptors (Lipinski definition) is 1. The maximum Gasteiger partial charge on any atom is 0.0153 e. The average molecular weight is 127 g/mol. The Morgan fingerprint density at radius 2 is 2.00 bits per heavy atom. The number of likely N-dealkylation sites (tertiary alicyclic amines) is 1. The molecule has 0 aromatic rings. The highest BCUT2D eigenvalue weighted by atomic mass is 15.2. The summed E-state index contributed by atoms with van der Waals surface area (Å²) in [5.41, 5.74) is 0. The van der Waals surface area contributed by atoms with E-state index in [2.05, 4.69) is 32.7 Å². The molecule has 0 amide bonds. The van der Waals surface area contributed by atoms with E-state index in [0.29, 0.717) is 0 Å². The van der Waals surface area contributed by atoms with E-state index >= 15 is 0 Å². The topological polar surface area (TPSA) is 3.24 Å².